The maximum Gasteiger partial charge on any atom is 0.346 e. The van der Waals surface area contributed by atoms with Gasteiger partial charge in [0.05, 0.1) is 6.61 Å². The first kappa shape index (κ1) is 14.0. The standard InChI is InChI=1S/C9H15NO7/c1-2-5(12)17-9(15)8(10)7(14)6(13)4(3-11)16-9/h2,4,6-8,11,13-15H,1,3,10H2/t4-,6-,7+,8-,9-/m1/s1. The van der Waals surface area contributed by atoms with Gasteiger partial charge in [0.1, 0.15) is 24.4 Å². The molecule has 8 nitrogen and oxygen atoms in total. The molecule has 5 atom stereocenters. The topological polar surface area (TPSA) is 142 Å². The number of hydrogen-bond acceptors (Lipinski definition) is 8. The van der Waals surface area contributed by atoms with Crippen LogP contribution in [0.2, 0.25) is 0 Å². The van der Waals surface area contributed by atoms with Crippen molar-refractivity contribution < 1.29 is 34.7 Å². The van der Waals surface area contributed by atoms with Crippen molar-refractivity contribution in [2.75, 3.05) is 6.61 Å². The van der Waals surface area contributed by atoms with E-state index in [0.717, 1.165) is 6.08 Å². The molecule has 17 heavy (non-hydrogen) atoms. The average molecular weight is 249 g/mol. The fourth-order valence-electron chi connectivity index (χ4n) is 1.44. The zero-order valence-electron chi connectivity index (χ0n) is 8.89. The van der Waals surface area contributed by atoms with E-state index in [1.54, 1.807) is 0 Å². The summed E-state index contributed by atoms with van der Waals surface area (Å²) in [5.41, 5.74) is 5.39. The quantitative estimate of drug-likeness (QED) is 0.200. The molecular weight excluding hydrogens is 234 g/mol. The van der Waals surface area contributed by atoms with Crippen molar-refractivity contribution in [3.05, 3.63) is 12.7 Å². The number of esters is 1. The predicted octanol–water partition coefficient (Wildman–Crippen LogP) is -3.20. The summed E-state index contributed by atoms with van der Waals surface area (Å²) in [6, 6.07) is -1.58. The highest BCUT2D eigenvalue weighted by Crippen LogP contribution is 2.28. The van der Waals surface area contributed by atoms with E-state index in [9.17, 15) is 20.1 Å². The van der Waals surface area contributed by atoms with E-state index in [1.807, 2.05) is 0 Å². The first-order valence-electron chi connectivity index (χ1n) is 4.84. The van der Waals surface area contributed by atoms with Gasteiger partial charge in [-0.15, -0.1) is 0 Å². The largest absolute Gasteiger partial charge is 0.403 e. The van der Waals surface area contributed by atoms with Crippen molar-refractivity contribution in [2.45, 2.75) is 30.3 Å². The molecule has 1 aliphatic heterocycles. The second-order valence-electron chi connectivity index (χ2n) is 3.60. The van der Waals surface area contributed by atoms with Crippen LogP contribution in [0.1, 0.15) is 0 Å². The molecule has 6 N–H and O–H groups in total. The molecule has 0 unspecified atom stereocenters. The summed E-state index contributed by atoms with van der Waals surface area (Å²) in [7, 11) is 0. The van der Waals surface area contributed by atoms with Gasteiger partial charge in [-0.2, -0.15) is 0 Å². The highest BCUT2D eigenvalue weighted by Gasteiger charge is 2.54. The van der Waals surface area contributed by atoms with Crippen LogP contribution in [0, 0.1) is 0 Å². The fraction of sp³-hybridized carbons (Fsp3) is 0.667. The molecule has 1 heterocycles. The predicted molar refractivity (Wildman–Crippen MR) is 53.2 cm³/mol. The van der Waals surface area contributed by atoms with Crippen LogP contribution in [-0.2, 0) is 14.3 Å². The Morgan fingerprint density at radius 3 is 2.59 bits per heavy atom. The van der Waals surface area contributed by atoms with Gasteiger partial charge in [-0.1, -0.05) is 6.58 Å². The molecule has 1 aliphatic rings. The summed E-state index contributed by atoms with van der Waals surface area (Å²) >= 11 is 0. The molecule has 0 radical (unpaired) electrons. The van der Waals surface area contributed by atoms with Gasteiger partial charge >= 0.3 is 11.9 Å². The van der Waals surface area contributed by atoms with E-state index in [4.69, 9.17) is 15.6 Å². The lowest BCUT2D eigenvalue weighted by molar-refractivity contribution is -0.405. The number of ether oxygens (including phenoxy) is 2. The summed E-state index contributed by atoms with van der Waals surface area (Å²) in [6.45, 7) is 2.42. The molecule has 0 saturated carbocycles. The monoisotopic (exact) mass is 249 g/mol. The Balaban J connectivity index is 2.90. The van der Waals surface area contributed by atoms with E-state index < -0.39 is 42.9 Å². The third kappa shape index (κ3) is 2.63. The van der Waals surface area contributed by atoms with Crippen molar-refractivity contribution in [1.82, 2.24) is 0 Å². The Kier molecular flexibility index (Phi) is 4.20. The lowest BCUT2D eigenvalue weighted by Gasteiger charge is -2.44. The third-order valence-electron chi connectivity index (χ3n) is 2.43. The summed E-state index contributed by atoms with van der Waals surface area (Å²) < 4.78 is 9.23. The minimum absolute atomic E-state index is 0.696. The van der Waals surface area contributed by atoms with Crippen LogP contribution in [0.4, 0.5) is 0 Å². The summed E-state index contributed by atoms with van der Waals surface area (Å²) in [4.78, 5) is 11.0. The van der Waals surface area contributed by atoms with Crippen molar-refractivity contribution >= 4 is 5.97 Å². The number of carbonyl (C=O) groups is 1. The lowest BCUT2D eigenvalue weighted by atomic mass is 9.96. The number of carbonyl (C=O) groups excluding carboxylic acids is 1. The van der Waals surface area contributed by atoms with Crippen LogP contribution in [0.3, 0.4) is 0 Å². The van der Waals surface area contributed by atoms with Gasteiger partial charge in [-0.3, -0.25) is 0 Å². The van der Waals surface area contributed by atoms with Crippen LogP contribution in [0.25, 0.3) is 0 Å². The van der Waals surface area contributed by atoms with Crippen molar-refractivity contribution in [1.29, 1.82) is 0 Å². The zero-order chi connectivity index (χ0) is 13.2. The first-order chi connectivity index (χ1) is 7.85. The van der Waals surface area contributed by atoms with E-state index >= 15 is 0 Å². The Labute approximate surface area is 96.9 Å². The van der Waals surface area contributed by atoms with E-state index in [1.165, 1.54) is 0 Å². The second kappa shape index (κ2) is 5.08. The Morgan fingerprint density at radius 1 is 1.53 bits per heavy atom. The fourth-order valence-corrected chi connectivity index (χ4v) is 1.44. The normalized spacial score (nSPS) is 41.9. The molecule has 0 aromatic carbocycles. The van der Waals surface area contributed by atoms with Gasteiger partial charge in [-0.25, -0.2) is 4.79 Å². The second-order valence-corrected chi connectivity index (χ2v) is 3.60. The SMILES string of the molecule is C=CC(=O)O[C@]1(O)O[C@H](CO)[C@@H](O)[C@H](O)[C@H]1N. The van der Waals surface area contributed by atoms with Crippen LogP contribution < -0.4 is 5.73 Å². The molecular formula is C9H15NO7. The van der Waals surface area contributed by atoms with Gasteiger partial charge in [0.25, 0.3) is 0 Å². The number of rotatable bonds is 3. The first-order valence-corrected chi connectivity index (χ1v) is 4.84. The maximum atomic E-state index is 11.0. The molecule has 0 amide bonds. The Bertz CT molecular complexity index is 308. The highest BCUT2D eigenvalue weighted by molar-refractivity contribution is 5.81. The van der Waals surface area contributed by atoms with Crippen molar-refractivity contribution in [2.24, 2.45) is 5.73 Å². The van der Waals surface area contributed by atoms with Crippen LogP contribution in [0.15, 0.2) is 12.7 Å². The minimum Gasteiger partial charge on any atom is -0.403 e. The molecule has 1 saturated heterocycles. The number of aliphatic hydroxyl groups is 4. The van der Waals surface area contributed by atoms with Gasteiger partial charge in [-0.05, 0) is 0 Å². The molecule has 1 fully saturated rings. The smallest absolute Gasteiger partial charge is 0.346 e. The number of nitrogens with two attached hydrogens (primary N) is 1. The maximum absolute atomic E-state index is 11.0. The average Bonchev–Trinajstić information content (AvgIpc) is 2.31. The van der Waals surface area contributed by atoms with Gasteiger partial charge < -0.3 is 35.6 Å². The van der Waals surface area contributed by atoms with Crippen molar-refractivity contribution in [3.8, 4) is 0 Å². The van der Waals surface area contributed by atoms with Crippen molar-refractivity contribution in [3.63, 3.8) is 0 Å². The molecule has 8 heteroatoms. The van der Waals surface area contributed by atoms with Gasteiger partial charge in [0.15, 0.2) is 0 Å². The lowest BCUT2D eigenvalue weighted by Crippen LogP contribution is -2.69. The van der Waals surface area contributed by atoms with E-state index in [-0.39, 0.29) is 0 Å². The summed E-state index contributed by atoms with van der Waals surface area (Å²) in [6.07, 6.45) is -3.69. The number of aliphatic hydroxyl groups excluding tert-OH is 3. The summed E-state index contributed by atoms with van der Waals surface area (Å²) in [5, 5.41) is 37.7. The third-order valence-corrected chi connectivity index (χ3v) is 2.43. The molecule has 98 valence electrons. The van der Waals surface area contributed by atoms with Gasteiger partial charge in [0.2, 0.25) is 0 Å². The molecule has 0 aromatic heterocycles. The Morgan fingerprint density at radius 2 is 2.12 bits per heavy atom. The van der Waals surface area contributed by atoms with Gasteiger partial charge in [0, 0.05) is 6.08 Å². The number of hydrogen-bond donors (Lipinski definition) is 5. The van der Waals surface area contributed by atoms with Crippen LogP contribution >= 0.6 is 0 Å². The molecule has 0 spiro atoms. The zero-order valence-corrected chi connectivity index (χ0v) is 8.89. The minimum atomic E-state index is -2.63. The highest BCUT2D eigenvalue weighted by atomic mass is 16.8. The Hall–Kier alpha value is -1.03. The van der Waals surface area contributed by atoms with E-state index in [2.05, 4.69) is 11.3 Å². The molecule has 0 aliphatic carbocycles. The molecule has 0 aromatic rings. The molecule has 0 bridgehead atoms. The van der Waals surface area contributed by atoms with E-state index in [0.29, 0.717) is 0 Å². The van der Waals surface area contributed by atoms with Crippen LogP contribution in [-0.4, -0.2) is 63.3 Å². The molecule has 1 rings (SSSR count). The van der Waals surface area contributed by atoms with Crippen LogP contribution in [0.5, 0.6) is 0 Å². The summed E-state index contributed by atoms with van der Waals surface area (Å²) in [5.74, 6) is -3.65.